The van der Waals surface area contributed by atoms with Crippen molar-refractivity contribution in [3.63, 3.8) is 0 Å². The Hall–Kier alpha value is -4.08. The van der Waals surface area contributed by atoms with Gasteiger partial charge in [-0.25, -0.2) is 4.98 Å². The highest BCUT2D eigenvalue weighted by Gasteiger charge is 2.16. The number of fused-ring (bicyclic) bond motifs is 6. The predicted octanol–water partition coefficient (Wildman–Crippen LogP) is 2.31. The van der Waals surface area contributed by atoms with Crippen molar-refractivity contribution in [3.05, 3.63) is 36.9 Å². The molecule has 6 aromatic rings. The Morgan fingerprint density at radius 1 is 0.769 bits per heavy atom. The predicted molar refractivity (Wildman–Crippen MR) is 88.8 cm³/mol. The van der Waals surface area contributed by atoms with Gasteiger partial charge in [-0.2, -0.15) is 9.97 Å². The maximum absolute atomic E-state index is 5.69. The molecule has 6 aromatic heterocycles. The van der Waals surface area contributed by atoms with Crippen LogP contribution < -0.4 is 0 Å². The molecule has 0 radical (unpaired) electrons. The number of hydrogen-bond acceptors (Lipinski definition) is 10. The highest BCUT2D eigenvalue weighted by atomic mass is 16.4. The normalized spacial score (nSPS) is 11.8. The zero-order valence-electron chi connectivity index (χ0n) is 12.9. The van der Waals surface area contributed by atoms with Gasteiger partial charge in [0.15, 0.2) is 16.6 Å². The number of aromatic nitrogens is 8. The van der Waals surface area contributed by atoms with Gasteiger partial charge in [0.1, 0.15) is 12.0 Å². The molecule has 122 valence electrons. The zero-order valence-corrected chi connectivity index (χ0v) is 12.9. The Kier molecular flexibility index (Phi) is 2.41. The van der Waals surface area contributed by atoms with Crippen molar-refractivity contribution in [2.45, 2.75) is 0 Å². The Balaban J connectivity index is 1.57. The molecule has 0 aliphatic carbocycles. The van der Waals surface area contributed by atoms with Crippen molar-refractivity contribution in [2.24, 2.45) is 0 Å². The van der Waals surface area contributed by atoms with E-state index < -0.39 is 0 Å². The first kappa shape index (κ1) is 13.2. The summed E-state index contributed by atoms with van der Waals surface area (Å²) in [7, 11) is 0. The highest BCUT2D eigenvalue weighted by Crippen LogP contribution is 2.28. The van der Waals surface area contributed by atoms with Crippen LogP contribution >= 0.6 is 0 Å². The SMILES string of the molecule is c1cc2c(cn1)oc1nc(-c3ccc4c(n3)oc3ncnnc34)nnc12. The van der Waals surface area contributed by atoms with E-state index in [1.165, 1.54) is 6.33 Å². The van der Waals surface area contributed by atoms with Gasteiger partial charge in [0.2, 0.25) is 17.3 Å². The van der Waals surface area contributed by atoms with E-state index in [1.54, 1.807) is 18.5 Å². The van der Waals surface area contributed by atoms with E-state index in [-0.39, 0.29) is 0 Å². The van der Waals surface area contributed by atoms with Crippen molar-refractivity contribution < 1.29 is 8.83 Å². The van der Waals surface area contributed by atoms with Crippen LogP contribution in [0.1, 0.15) is 0 Å². The van der Waals surface area contributed by atoms with E-state index in [2.05, 4.69) is 40.3 Å². The van der Waals surface area contributed by atoms with Crippen molar-refractivity contribution in [3.8, 4) is 11.5 Å². The number of hydrogen-bond donors (Lipinski definition) is 0. The molecule has 6 heterocycles. The van der Waals surface area contributed by atoms with Crippen LogP contribution in [0.15, 0.2) is 45.8 Å². The Labute approximate surface area is 142 Å². The van der Waals surface area contributed by atoms with E-state index in [1.807, 2.05) is 12.1 Å². The van der Waals surface area contributed by atoms with Crippen molar-refractivity contribution in [2.75, 3.05) is 0 Å². The largest absolute Gasteiger partial charge is 0.435 e. The molecule has 0 fully saturated rings. The van der Waals surface area contributed by atoms with Crippen LogP contribution in [0.2, 0.25) is 0 Å². The molecule has 0 aromatic carbocycles. The molecule has 0 bridgehead atoms. The molecule has 0 atom stereocenters. The maximum Gasteiger partial charge on any atom is 0.251 e. The third-order valence-electron chi connectivity index (χ3n) is 4.03. The lowest BCUT2D eigenvalue weighted by Gasteiger charge is -1.97. The van der Waals surface area contributed by atoms with Crippen LogP contribution in [-0.2, 0) is 0 Å². The lowest BCUT2D eigenvalue weighted by molar-refractivity contribution is 0.636. The smallest absolute Gasteiger partial charge is 0.251 e. The summed E-state index contributed by atoms with van der Waals surface area (Å²) in [5, 5.41) is 17.7. The number of nitrogens with zero attached hydrogens (tertiary/aromatic N) is 8. The fourth-order valence-corrected chi connectivity index (χ4v) is 2.85. The molecule has 0 aliphatic rings. The van der Waals surface area contributed by atoms with Gasteiger partial charge >= 0.3 is 0 Å². The summed E-state index contributed by atoms with van der Waals surface area (Å²) < 4.78 is 11.3. The van der Waals surface area contributed by atoms with Gasteiger partial charge in [-0.15, -0.1) is 20.4 Å². The summed E-state index contributed by atoms with van der Waals surface area (Å²) in [5.41, 5.74) is 3.36. The topological polar surface area (TPSA) is 129 Å². The Bertz CT molecular complexity index is 1340. The summed E-state index contributed by atoms with van der Waals surface area (Å²) in [6.07, 6.45) is 4.61. The fourth-order valence-electron chi connectivity index (χ4n) is 2.85. The number of rotatable bonds is 1. The van der Waals surface area contributed by atoms with Gasteiger partial charge in [-0.1, -0.05) is 0 Å². The molecule has 0 N–H and O–H groups in total. The third-order valence-corrected chi connectivity index (χ3v) is 4.03. The summed E-state index contributed by atoms with van der Waals surface area (Å²) in [6.45, 7) is 0. The monoisotopic (exact) mass is 342 g/mol. The van der Waals surface area contributed by atoms with Crippen molar-refractivity contribution in [1.82, 2.24) is 40.3 Å². The van der Waals surface area contributed by atoms with E-state index in [9.17, 15) is 0 Å². The average Bonchev–Trinajstić information content (AvgIpc) is 3.24. The van der Waals surface area contributed by atoms with Crippen LogP contribution in [0.3, 0.4) is 0 Å². The molecule has 0 saturated carbocycles. The maximum atomic E-state index is 5.69. The molecule has 26 heavy (non-hydrogen) atoms. The zero-order chi connectivity index (χ0) is 17.1. The molecule has 6 rings (SSSR count). The quantitative estimate of drug-likeness (QED) is 0.438. The van der Waals surface area contributed by atoms with E-state index in [0.717, 1.165) is 5.39 Å². The van der Waals surface area contributed by atoms with Crippen LogP contribution in [0, 0.1) is 0 Å². The molecule has 0 aliphatic heterocycles. The van der Waals surface area contributed by atoms with Crippen molar-refractivity contribution >= 4 is 44.5 Å². The standard InChI is InChI=1S/C16H6N8O2/c1-2-9(20-14-8(1)12-15(26-14)18-6-19-22-12)13-21-16-11(23-24-13)7-3-4-17-5-10(7)25-16/h1-6H. The van der Waals surface area contributed by atoms with Gasteiger partial charge in [0.05, 0.1) is 17.0 Å². The summed E-state index contributed by atoms with van der Waals surface area (Å²) >= 11 is 0. The van der Waals surface area contributed by atoms with E-state index in [0.29, 0.717) is 50.7 Å². The Morgan fingerprint density at radius 2 is 1.73 bits per heavy atom. The van der Waals surface area contributed by atoms with Gasteiger partial charge in [-0.3, -0.25) is 4.98 Å². The molecular weight excluding hydrogens is 336 g/mol. The molecule has 10 heteroatoms. The fraction of sp³-hybridized carbons (Fsp3) is 0. The van der Waals surface area contributed by atoms with Crippen LogP contribution in [-0.4, -0.2) is 40.3 Å². The van der Waals surface area contributed by atoms with Gasteiger partial charge < -0.3 is 8.83 Å². The average molecular weight is 342 g/mol. The van der Waals surface area contributed by atoms with Crippen molar-refractivity contribution in [1.29, 1.82) is 0 Å². The highest BCUT2D eigenvalue weighted by molar-refractivity contribution is 6.01. The summed E-state index contributed by atoms with van der Waals surface area (Å²) in [4.78, 5) is 17.0. The molecule has 10 nitrogen and oxygen atoms in total. The summed E-state index contributed by atoms with van der Waals surface area (Å²) in [5.74, 6) is 0.325. The minimum atomic E-state index is 0.325. The van der Waals surface area contributed by atoms with E-state index >= 15 is 0 Å². The Morgan fingerprint density at radius 3 is 2.73 bits per heavy atom. The second-order valence-electron chi connectivity index (χ2n) is 5.53. The lowest BCUT2D eigenvalue weighted by Crippen LogP contribution is -1.94. The number of furan rings is 2. The molecular formula is C16H6N8O2. The first-order chi connectivity index (χ1) is 12.9. The minimum Gasteiger partial charge on any atom is -0.435 e. The van der Waals surface area contributed by atoms with E-state index in [4.69, 9.17) is 8.83 Å². The first-order valence-corrected chi connectivity index (χ1v) is 7.61. The molecule has 0 saturated heterocycles. The van der Waals surface area contributed by atoms with Gasteiger partial charge in [-0.05, 0) is 18.2 Å². The van der Waals surface area contributed by atoms with Crippen LogP contribution in [0.4, 0.5) is 0 Å². The summed E-state index contributed by atoms with van der Waals surface area (Å²) in [6, 6.07) is 5.39. The third kappa shape index (κ3) is 1.75. The lowest BCUT2D eigenvalue weighted by atomic mass is 10.2. The second-order valence-corrected chi connectivity index (χ2v) is 5.53. The second kappa shape index (κ2) is 4.72. The number of pyridine rings is 2. The van der Waals surface area contributed by atoms with Crippen LogP contribution in [0.25, 0.3) is 56.0 Å². The van der Waals surface area contributed by atoms with Crippen LogP contribution in [0.5, 0.6) is 0 Å². The van der Waals surface area contributed by atoms with Gasteiger partial charge in [0.25, 0.3) is 5.71 Å². The molecule has 0 unspecified atom stereocenters. The molecule has 0 spiro atoms. The minimum absolute atomic E-state index is 0.325. The first-order valence-electron chi connectivity index (χ1n) is 7.61. The molecule has 0 amide bonds. The van der Waals surface area contributed by atoms with Gasteiger partial charge in [0, 0.05) is 6.20 Å².